The monoisotopic (exact) mass is 507 g/mol. The van der Waals surface area contributed by atoms with Crippen molar-refractivity contribution in [1.29, 1.82) is 0 Å². The van der Waals surface area contributed by atoms with Crippen LogP contribution in [-0.2, 0) is 11.2 Å². The molecule has 3 amide bonds. The summed E-state index contributed by atoms with van der Waals surface area (Å²) in [6, 6.07) is 22.2. The highest BCUT2D eigenvalue weighted by Crippen LogP contribution is 2.27. The number of anilines is 2. The fourth-order valence-corrected chi connectivity index (χ4v) is 4.14. The predicted molar refractivity (Wildman–Crippen MR) is 138 cm³/mol. The first-order chi connectivity index (χ1) is 17.0. The lowest BCUT2D eigenvalue weighted by Gasteiger charge is -2.18. The smallest absolute Gasteiger partial charge is 0.319 e. The SMILES string of the molecule is COc1cccc(NC(=O)NC(Cc2ccccc2)C(=O)Nc2nnc(-c3ccc(Cl)cc3)s2)c1. The van der Waals surface area contributed by atoms with Crippen LogP contribution in [0, 0.1) is 0 Å². The second-order valence-corrected chi connectivity index (χ2v) is 8.90. The molecule has 8 nitrogen and oxygen atoms in total. The van der Waals surface area contributed by atoms with E-state index in [-0.39, 0.29) is 0 Å². The van der Waals surface area contributed by atoms with Crippen molar-refractivity contribution in [3.05, 3.63) is 89.4 Å². The van der Waals surface area contributed by atoms with E-state index >= 15 is 0 Å². The highest BCUT2D eigenvalue weighted by molar-refractivity contribution is 7.18. The molecule has 4 rings (SSSR count). The van der Waals surface area contributed by atoms with E-state index in [9.17, 15) is 9.59 Å². The van der Waals surface area contributed by atoms with Gasteiger partial charge in [-0.05, 0) is 29.8 Å². The van der Waals surface area contributed by atoms with E-state index in [0.717, 1.165) is 11.1 Å². The van der Waals surface area contributed by atoms with Crippen molar-refractivity contribution in [2.45, 2.75) is 12.5 Å². The predicted octanol–water partition coefficient (Wildman–Crippen LogP) is 5.24. The largest absolute Gasteiger partial charge is 0.497 e. The average molecular weight is 508 g/mol. The van der Waals surface area contributed by atoms with Gasteiger partial charge in [-0.25, -0.2) is 4.79 Å². The lowest BCUT2D eigenvalue weighted by Crippen LogP contribution is -2.46. The molecule has 10 heteroatoms. The zero-order valence-electron chi connectivity index (χ0n) is 18.7. The quantitative estimate of drug-likeness (QED) is 0.302. The van der Waals surface area contributed by atoms with Crippen LogP contribution in [0.3, 0.4) is 0 Å². The van der Waals surface area contributed by atoms with E-state index in [4.69, 9.17) is 16.3 Å². The second-order valence-electron chi connectivity index (χ2n) is 7.48. The number of carbonyl (C=O) groups excluding carboxylic acids is 2. The van der Waals surface area contributed by atoms with Gasteiger partial charge in [-0.1, -0.05) is 71.5 Å². The van der Waals surface area contributed by atoms with E-state index < -0.39 is 18.0 Å². The highest BCUT2D eigenvalue weighted by atomic mass is 35.5. The van der Waals surface area contributed by atoms with Gasteiger partial charge in [0.15, 0.2) is 0 Å². The van der Waals surface area contributed by atoms with Gasteiger partial charge in [-0.15, -0.1) is 10.2 Å². The minimum Gasteiger partial charge on any atom is -0.497 e. The highest BCUT2D eigenvalue weighted by Gasteiger charge is 2.23. The molecule has 4 aromatic rings. The number of rotatable bonds is 8. The van der Waals surface area contributed by atoms with Crippen LogP contribution in [0.2, 0.25) is 5.02 Å². The van der Waals surface area contributed by atoms with E-state index in [2.05, 4.69) is 26.1 Å². The van der Waals surface area contributed by atoms with Gasteiger partial charge in [-0.3, -0.25) is 10.1 Å². The lowest BCUT2D eigenvalue weighted by molar-refractivity contribution is -0.117. The van der Waals surface area contributed by atoms with Crippen molar-refractivity contribution in [2.24, 2.45) is 0 Å². The summed E-state index contributed by atoms with van der Waals surface area (Å²) in [5.41, 5.74) is 2.27. The molecule has 35 heavy (non-hydrogen) atoms. The van der Waals surface area contributed by atoms with Crippen LogP contribution in [0.15, 0.2) is 78.9 Å². The molecule has 3 aromatic carbocycles. The molecule has 0 bridgehead atoms. The summed E-state index contributed by atoms with van der Waals surface area (Å²) in [6.45, 7) is 0. The number of urea groups is 1. The summed E-state index contributed by atoms with van der Waals surface area (Å²) < 4.78 is 5.19. The number of halogens is 1. The van der Waals surface area contributed by atoms with Gasteiger partial charge in [0.25, 0.3) is 0 Å². The number of ether oxygens (including phenoxy) is 1. The molecule has 1 atom stereocenters. The van der Waals surface area contributed by atoms with Crippen molar-refractivity contribution in [1.82, 2.24) is 15.5 Å². The Balaban J connectivity index is 1.47. The lowest BCUT2D eigenvalue weighted by atomic mass is 10.1. The molecule has 1 unspecified atom stereocenters. The van der Waals surface area contributed by atoms with Crippen LogP contribution < -0.4 is 20.7 Å². The molecule has 0 fully saturated rings. The van der Waals surface area contributed by atoms with Crippen molar-refractivity contribution in [3.8, 4) is 16.3 Å². The third kappa shape index (κ3) is 6.78. The summed E-state index contributed by atoms with van der Waals surface area (Å²) in [6.07, 6.45) is 0.293. The zero-order valence-corrected chi connectivity index (χ0v) is 20.3. The maximum Gasteiger partial charge on any atom is 0.319 e. The molecule has 0 saturated heterocycles. The molecule has 0 aliphatic carbocycles. The van der Waals surface area contributed by atoms with Crippen molar-refractivity contribution in [2.75, 3.05) is 17.7 Å². The Morgan fingerprint density at radius 3 is 2.49 bits per heavy atom. The Kier molecular flexibility index (Phi) is 7.92. The first-order valence-corrected chi connectivity index (χ1v) is 11.9. The van der Waals surface area contributed by atoms with Crippen LogP contribution >= 0.6 is 22.9 Å². The molecule has 1 aromatic heterocycles. The summed E-state index contributed by atoms with van der Waals surface area (Å²) in [5, 5.41) is 18.1. The van der Waals surface area contributed by atoms with E-state index in [1.165, 1.54) is 11.3 Å². The van der Waals surface area contributed by atoms with Gasteiger partial charge < -0.3 is 15.4 Å². The van der Waals surface area contributed by atoms with E-state index in [1.54, 1.807) is 43.5 Å². The standard InChI is InChI=1S/C25H22ClN5O3S/c1-34-20-9-5-8-19(15-20)27-24(33)28-21(14-16-6-3-2-4-7-16)22(32)29-25-31-30-23(35-25)17-10-12-18(26)13-11-17/h2-13,15,21H,14H2,1H3,(H2,27,28,33)(H,29,31,32). The van der Waals surface area contributed by atoms with Crippen LogP contribution in [-0.4, -0.2) is 35.3 Å². The van der Waals surface area contributed by atoms with Crippen LogP contribution in [0.4, 0.5) is 15.6 Å². The number of benzene rings is 3. The normalized spacial score (nSPS) is 11.4. The summed E-state index contributed by atoms with van der Waals surface area (Å²) in [5.74, 6) is 0.197. The van der Waals surface area contributed by atoms with Gasteiger partial charge >= 0.3 is 6.03 Å². The Bertz CT molecular complexity index is 1300. The second kappa shape index (κ2) is 11.5. The fourth-order valence-electron chi connectivity index (χ4n) is 3.26. The Morgan fingerprint density at radius 1 is 0.971 bits per heavy atom. The average Bonchev–Trinajstić information content (AvgIpc) is 3.33. The van der Waals surface area contributed by atoms with Crippen molar-refractivity contribution in [3.63, 3.8) is 0 Å². The van der Waals surface area contributed by atoms with E-state index in [1.807, 2.05) is 42.5 Å². The summed E-state index contributed by atoms with van der Waals surface area (Å²) in [4.78, 5) is 25.9. The van der Waals surface area contributed by atoms with Crippen LogP contribution in [0.25, 0.3) is 10.6 Å². The summed E-state index contributed by atoms with van der Waals surface area (Å²) in [7, 11) is 1.55. The Labute approximate surface area is 211 Å². The Morgan fingerprint density at radius 2 is 1.74 bits per heavy atom. The van der Waals surface area contributed by atoms with Gasteiger partial charge in [0.05, 0.1) is 7.11 Å². The maximum absolute atomic E-state index is 13.1. The third-order valence-corrected chi connectivity index (χ3v) is 6.12. The minimum absolute atomic E-state index is 0.293. The first kappa shape index (κ1) is 24.2. The molecule has 0 spiro atoms. The van der Waals surface area contributed by atoms with Gasteiger partial charge in [0.2, 0.25) is 11.0 Å². The number of nitrogens with zero attached hydrogens (tertiary/aromatic N) is 2. The molecule has 178 valence electrons. The van der Waals surface area contributed by atoms with E-state index in [0.29, 0.717) is 33.0 Å². The van der Waals surface area contributed by atoms with Crippen molar-refractivity contribution >= 4 is 45.7 Å². The van der Waals surface area contributed by atoms with Gasteiger partial charge in [0.1, 0.15) is 16.8 Å². The number of carbonyl (C=O) groups is 2. The fraction of sp³-hybridized carbons (Fsp3) is 0.120. The molecule has 0 aliphatic heterocycles. The number of hydrogen-bond donors (Lipinski definition) is 3. The topological polar surface area (TPSA) is 105 Å². The molecule has 1 heterocycles. The molecule has 0 radical (unpaired) electrons. The zero-order chi connectivity index (χ0) is 24.6. The number of hydrogen-bond acceptors (Lipinski definition) is 6. The Hall–Kier alpha value is -3.95. The summed E-state index contributed by atoms with van der Waals surface area (Å²) >= 11 is 7.18. The molecule has 0 saturated carbocycles. The minimum atomic E-state index is -0.856. The third-order valence-electron chi connectivity index (χ3n) is 4.98. The first-order valence-electron chi connectivity index (χ1n) is 10.7. The number of amides is 3. The van der Waals surface area contributed by atoms with Gasteiger partial charge in [0, 0.05) is 28.8 Å². The molecule has 0 aliphatic rings. The van der Waals surface area contributed by atoms with Gasteiger partial charge in [-0.2, -0.15) is 0 Å². The van der Waals surface area contributed by atoms with Crippen molar-refractivity contribution < 1.29 is 14.3 Å². The number of aromatic nitrogens is 2. The molecular formula is C25H22ClN5O3S. The van der Waals surface area contributed by atoms with Crippen LogP contribution in [0.1, 0.15) is 5.56 Å². The molecular weight excluding hydrogens is 486 g/mol. The number of nitrogens with one attached hydrogen (secondary N) is 3. The maximum atomic E-state index is 13.1. The molecule has 3 N–H and O–H groups in total. The number of methoxy groups -OCH3 is 1. The van der Waals surface area contributed by atoms with Crippen LogP contribution in [0.5, 0.6) is 5.75 Å².